The van der Waals surface area contributed by atoms with Crippen molar-refractivity contribution in [3.63, 3.8) is 0 Å². The average molecular weight is 417 g/mol. The summed E-state index contributed by atoms with van der Waals surface area (Å²) >= 11 is 6.15. The smallest absolute Gasteiger partial charge is 0.343 e. The molecule has 3 aromatic rings. The van der Waals surface area contributed by atoms with E-state index in [1.165, 1.54) is 18.4 Å². The number of aromatic nitrogens is 2. The maximum absolute atomic E-state index is 14.3. The number of esters is 1. The summed E-state index contributed by atoms with van der Waals surface area (Å²) in [5.41, 5.74) is 1.08. The van der Waals surface area contributed by atoms with Crippen LogP contribution in [0.4, 0.5) is 4.39 Å². The highest BCUT2D eigenvalue weighted by atomic mass is 35.5. The van der Waals surface area contributed by atoms with Gasteiger partial charge in [0.1, 0.15) is 28.9 Å². The Morgan fingerprint density at radius 2 is 2.10 bits per heavy atom. The summed E-state index contributed by atoms with van der Waals surface area (Å²) in [5, 5.41) is 0.259. The number of fused-ring (bicyclic) bond motifs is 1. The van der Waals surface area contributed by atoms with Crippen LogP contribution in [-0.2, 0) is 11.2 Å². The van der Waals surface area contributed by atoms with Crippen LogP contribution in [0.5, 0.6) is 6.01 Å². The number of benzene rings is 1. The molecule has 0 saturated carbocycles. The van der Waals surface area contributed by atoms with E-state index < -0.39 is 17.9 Å². The summed E-state index contributed by atoms with van der Waals surface area (Å²) in [6.45, 7) is 2.48. The van der Waals surface area contributed by atoms with E-state index in [0.29, 0.717) is 23.8 Å². The largest absolute Gasteiger partial charge is 0.463 e. The Hall–Kier alpha value is -2.93. The van der Waals surface area contributed by atoms with Crippen LogP contribution in [0.3, 0.4) is 0 Å². The number of halogens is 2. The molecule has 0 radical (unpaired) electrons. The predicted octanol–water partition coefficient (Wildman–Crippen LogP) is 5.16. The zero-order valence-corrected chi connectivity index (χ0v) is 16.4. The minimum Gasteiger partial charge on any atom is -0.463 e. The molecular formula is C21H18ClFN2O4. The Labute approximate surface area is 171 Å². The minimum absolute atomic E-state index is 0.0489. The minimum atomic E-state index is -0.808. The molecule has 4 rings (SSSR count). The Balaban J connectivity index is 1.76. The van der Waals surface area contributed by atoms with Gasteiger partial charge in [0, 0.05) is 17.0 Å². The highest BCUT2D eigenvalue weighted by molar-refractivity contribution is 6.31. The van der Waals surface area contributed by atoms with Crippen LogP contribution >= 0.6 is 11.6 Å². The Morgan fingerprint density at radius 1 is 1.24 bits per heavy atom. The lowest BCUT2D eigenvalue weighted by Crippen LogP contribution is -2.09. The van der Waals surface area contributed by atoms with Gasteiger partial charge in [0.25, 0.3) is 0 Å². The predicted molar refractivity (Wildman–Crippen MR) is 103 cm³/mol. The maximum atomic E-state index is 14.3. The van der Waals surface area contributed by atoms with Crippen molar-refractivity contribution in [1.82, 2.24) is 9.97 Å². The average Bonchev–Trinajstić information content (AvgIpc) is 3.33. The molecule has 150 valence electrons. The first-order chi connectivity index (χ1) is 14.1. The number of rotatable bonds is 7. The fourth-order valence-corrected chi connectivity index (χ4v) is 3.39. The van der Waals surface area contributed by atoms with Gasteiger partial charge in [0.15, 0.2) is 5.76 Å². The summed E-state index contributed by atoms with van der Waals surface area (Å²) in [6.07, 6.45) is 2.51. The first kappa shape index (κ1) is 19.4. The van der Waals surface area contributed by atoms with E-state index in [4.69, 9.17) is 25.5 Å². The van der Waals surface area contributed by atoms with Crippen molar-refractivity contribution in [2.24, 2.45) is 0 Å². The van der Waals surface area contributed by atoms with E-state index >= 15 is 0 Å². The molecule has 1 aromatic carbocycles. The lowest BCUT2D eigenvalue weighted by atomic mass is 10.0. The van der Waals surface area contributed by atoms with Crippen LogP contribution in [0, 0.1) is 5.82 Å². The van der Waals surface area contributed by atoms with Gasteiger partial charge in [0.2, 0.25) is 0 Å². The molecule has 0 amide bonds. The van der Waals surface area contributed by atoms with Gasteiger partial charge < -0.3 is 13.9 Å². The molecule has 1 atom stereocenters. The number of cyclic esters (lactones) is 1. The van der Waals surface area contributed by atoms with Crippen molar-refractivity contribution in [3.8, 4) is 17.5 Å². The van der Waals surface area contributed by atoms with Gasteiger partial charge in [-0.25, -0.2) is 9.18 Å². The van der Waals surface area contributed by atoms with E-state index in [9.17, 15) is 9.18 Å². The Bertz CT molecular complexity index is 1020. The van der Waals surface area contributed by atoms with Gasteiger partial charge in [-0.2, -0.15) is 9.97 Å². The lowest BCUT2D eigenvalue weighted by Gasteiger charge is -2.13. The van der Waals surface area contributed by atoms with E-state index in [2.05, 4.69) is 9.97 Å². The van der Waals surface area contributed by atoms with Crippen LogP contribution in [0.1, 0.15) is 47.5 Å². The molecule has 0 bridgehead atoms. The van der Waals surface area contributed by atoms with Crippen molar-refractivity contribution < 1.29 is 23.1 Å². The van der Waals surface area contributed by atoms with Gasteiger partial charge in [-0.15, -0.1) is 0 Å². The highest BCUT2D eigenvalue weighted by Crippen LogP contribution is 2.39. The van der Waals surface area contributed by atoms with Crippen LogP contribution in [-0.4, -0.2) is 22.5 Å². The van der Waals surface area contributed by atoms with Gasteiger partial charge in [-0.1, -0.05) is 31.0 Å². The number of hydrogen-bond donors (Lipinski definition) is 0. The second-order valence-electron chi connectivity index (χ2n) is 6.59. The quantitative estimate of drug-likeness (QED) is 0.391. The second-order valence-corrected chi connectivity index (χ2v) is 7.00. The fraction of sp³-hybridized carbons (Fsp3) is 0.286. The topological polar surface area (TPSA) is 74.5 Å². The second kappa shape index (κ2) is 8.21. The highest BCUT2D eigenvalue weighted by Gasteiger charge is 2.38. The van der Waals surface area contributed by atoms with Crippen molar-refractivity contribution in [2.75, 3.05) is 6.61 Å². The van der Waals surface area contributed by atoms with Gasteiger partial charge in [0.05, 0.1) is 12.9 Å². The molecule has 0 N–H and O–H groups in total. The maximum Gasteiger partial charge on any atom is 0.343 e. The lowest BCUT2D eigenvalue weighted by molar-refractivity contribution is 0.0380. The first-order valence-electron chi connectivity index (χ1n) is 9.31. The summed E-state index contributed by atoms with van der Waals surface area (Å²) in [7, 11) is 0. The zero-order valence-electron chi connectivity index (χ0n) is 15.7. The summed E-state index contributed by atoms with van der Waals surface area (Å²) in [4.78, 5) is 21.4. The number of nitrogens with zero attached hydrogens (tertiary/aromatic N) is 2. The molecule has 6 nitrogen and oxygen atoms in total. The van der Waals surface area contributed by atoms with Crippen molar-refractivity contribution in [1.29, 1.82) is 0 Å². The molecule has 8 heteroatoms. The van der Waals surface area contributed by atoms with Gasteiger partial charge in [-0.05, 0) is 30.7 Å². The van der Waals surface area contributed by atoms with E-state index in [1.54, 1.807) is 18.2 Å². The molecule has 0 fully saturated rings. The number of furan rings is 1. The monoisotopic (exact) mass is 416 g/mol. The third kappa shape index (κ3) is 3.82. The standard InChI is InChI=1S/C21H18ClFN2O4/c1-2-3-9-28-21-24-18(15-8-5-10-27-15)17-19(25-21)16(29-20(17)26)11-12-13(22)6-4-7-14(12)23/h4-8,10,16H,2-3,9,11H2,1H3. The summed E-state index contributed by atoms with van der Waals surface area (Å²) in [5.74, 6) is -0.670. The van der Waals surface area contributed by atoms with E-state index in [-0.39, 0.29) is 28.6 Å². The third-order valence-electron chi connectivity index (χ3n) is 4.61. The summed E-state index contributed by atoms with van der Waals surface area (Å²) in [6, 6.07) is 7.92. The van der Waals surface area contributed by atoms with E-state index in [1.807, 2.05) is 6.92 Å². The number of hydrogen-bond acceptors (Lipinski definition) is 6. The molecule has 29 heavy (non-hydrogen) atoms. The molecule has 1 unspecified atom stereocenters. The normalized spacial score (nSPS) is 15.3. The molecule has 1 aliphatic rings. The Morgan fingerprint density at radius 3 is 2.83 bits per heavy atom. The summed E-state index contributed by atoms with van der Waals surface area (Å²) < 4.78 is 30.9. The number of carbonyl (C=O) groups is 1. The SMILES string of the molecule is CCCCOc1nc(-c2ccco2)c2c(n1)C(Cc1c(F)cccc1Cl)OC2=O. The molecule has 0 aliphatic carbocycles. The molecule has 3 heterocycles. The Kier molecular flexibility index (Phi) is 5.49. The van der Waals surface area contributed by atoms with Crippen molar-refractivity contribution in [3.05, 3.63) is 64.3 Å². The van der Waals surface area contributed by atoms with Crippen molar-refractivity contribution >= 4 is 17.6 Å². The number of ether oxygens (including phenoxy) is 2. The fourth-order valence-electron chi connectivity index (χ4n) is 3.15. The van der Waals surface area contributed by atoms with Gasteiger partial charge in [-0.3, -0.25) is 0 Å². The number of carbonyl (C=O) groups excluding carboxylic acids is 1. The van der Waals surface area contributed by atoms with Crippen molar-refractivity contribution in [2.45, 2.75) is 32.3 Å². The molecule has 0 spiro atoms. The van der Waals surface area contributed by atoms with Crippen LogP contribution < -0.4 is 4.74 Å². The van der Waals surface area contributed by atoms with Crippen LogP contribution in [0.15, 0.2) is 41.0 Å². The van der Waals surface area contributed by atoms with Crippen LogP contribution in [0.2, 0.25) is 5.02 Å². The molecule has 1 aliphatic heterocycles. The zero-order chi connectivity index (χ0) is 20.4. The van der Waals surface area contributed by atoms with Gasteiger partial charge >= 0.3 is 12.0 Å². The number of unbranched alkanes of at least 4 members (excludes halogenated alkanes) is 1. The molecule has 2 aromatic heterocycles. The first-order valence-corrected chi connectivity index (χ1v) is 9.68. The van der Waals surface area contributed by atoms with E-state index in [0.717, 1.165) is 12.8 Å². The molecule has 0 saturated heterocycles. The third-order valence-corrected chi connectivity index (χ3v) is 4.96. The van der Waals surface area contributed by atoms with Crippen LogP contribution in [0.25, 0.3) is 11.5 Å². The molecular weight excluding hydrogens is 399 g/mol.